The van der Waals surface area contributed by atoms with Crippen molar-refractivity contribution in [1.29, 1.82) is 0 Å². The summed E-state index contributed by atoms with van der Waals surface area (Å²) in [6, 6.07) is 15.9. The van der Waals surface area contributed by atoms with Crippen LogP contribution in [0.5, 0.6) is 0 Å². The smallest absolute Gasteiger partial charge is 0.306 e. The van der Waals surface area contributed by atoms with Crippen molar-refractivity contribution in [2.24, 2.45) is 0 Å². The summed E-state index contributed by atoms with van der Waals surface area (Å²) in [7, 11) is 1.70. The Bertz CT molecular complexity index is 930. The fourth-order valence-electron chi connectivity index (χ4n) is 3.01. The predicted molar refractivity (Wildman–Crippen MR) is 122 cm³/mol. The highest BCUT2D eigenvalue weighted by atomic mass is 16.6. The summed E-state index contributed by atoms with van der Waals surface area (Å²) in [6.45, 7) is 9.17. The number of esters is 1. The maximum absolute atomic E-state index is 12.8. The Hall–Kier alpha value is -3.15. The third-order valence-electron chi connectivity index (χ3n) is 4.65. The minimum absolute atomic E-state index is 0.199. The van der Waals surface area contributed by atoms with Crippen LogP contribution in [0.2, 0.25) is 0 Å². The van der Waals surface area contributed by atoms with E-state index < -0.39 is 11.1 Å². The van der Waals surface area contributed by atoms with Crippen LogP contribution in [-0.4, -0.2) is 36.0 Å². The molecule has 0 aromatic heterocycles. The molecule has 0 unspecified atom stereocenters. The van der Waals surface area contributed by atoms with Gasteiger partial charge in [-0.25, -0.2) is 0 Å². The van der Waals surface area contributed by atoms with Crippen molar-refractivity contribution < 1.29 is 19.1 Å². The van der Waals surface area contributed by atoms with Gasteiger partial charge in [0.25, 0.3) is 11.8 Å². The van der Waals surface area contributed by atoms with Gasteiger partial charge >= 0.3 is 5.97 Å². The van der Waals surface area contributed by atoms with Gasteiger partial charge in [-0.1, -0.05) is 24.3 Å². The van der Waals surface area contributed by atoms with Crippen LogP contribution in [0.1, 0.15) is 68.2 Å². The number of benzene rings is 2. The van der Waals surface area contributed by atoms with E-state index in [1.807, 2.05) is 65.0 Å². The van der Waals surface area contributed by atoms with Crippen LogP contribution in [0.3, 0.4) is 0 Å². The molecule has 2 amide bonds. The normalized spacial score (nSPS) is 11.5. The van der Waals surface area contributed by atoms with E-state index in [4.69, 9.17) is 4.74 Å². The molecule has 0 aliphatic carbocycles. The highest BCUT2D eigenvalue weighted by molar-refractivity contribution is 6.07. The molecule has 6 heteroatoms. The van der Waals surface area contributed by atoms with E-state index in [2.05, 4.69) is 5.32 Å². The number of carbonyl (C=O) groups is 3. The number of para-hydroxylation sites is 1. The summed E-state index contributed by atoms with van der Waals surface area (Å²) in [4.78, 5) is 39.2. The van der Waals surface area contributed by atoms with Crippen molar-refractivity contribution in [3.8, 4) is 0 Å². The summed E-state index contributed by atoms with van der Waals surface area (Å²) in [5.41, 5.74) is 0.424. The largest absolute Gasteiger partial charge is 0.460 e. The summed E-state index contributed by atoms with van der Waals surface area (Å²) in [5, 5.41) is 2.95. The Morgan fingerprint density at radius 2 is 1.52 bits per heavy atom. The Labute approximate surface area is 184 Å². The first kappa shape index (κ1) is 24.1. The Balaban J connectivity index is 2.04. The van der Waals surface area contributed by atoms with E-state index in [-0.39, 0.29) is 24.2 Å². The quantitative estimate of drug-likeness (QED) is 0.660. The fraction of sp³-hybridized carbons (Fsp3) is 0.400. The minimum Gasteiger partial charge on any atom is -0.460 e. The monoisotopic (exact) mass is 424 g/mol. The number of hydrogen-bond donors (Lipinski definition) is 1. The van der Waals surface area contributed by atoms with Gasteiger partial charge in [-0.3, -0.25) is 14.4 Å². The standard InChI is InChI=1S/C25H32N2O4/c1-24(2,3)31-21(28)15-16-25(4,5)26-22(29)18-11-10-12-19(17-18)23(30)27(6)20-13-8-7-9-14-20/h7-14,17H,15-16H2,1-6H3,(H,26,29). The SMILES string of the molecule is CN(C(=O)c1cccc(C(=O)NC(C)(C)CCC(=O)OC(C)(C)C)c1)c1ccccc1. The van der Waals surface area contributed by atoms with Crippen LogP contribution in [0.4, 0.5) is 5.69 Å². The molecule has 1 N–H and O–H groups in total. The third kappa shape index (κ3) is 7.55. The van der Waals surface area contributed by atoms with Crippen LogP contribution in [0.25, 0.3) is 0 Å². The summed E-state index contributed by atoms with van der Waals surface area (Å²) < 4.78 is 5.33. The van der Waals surface area contributed by atoms with Crippen molar-refractivity contribution >= 4 is 23.5 Å². The van der Waals surface area contributed by atoms with Crippen LogP contribution in [0.15, 0.2) is 54.6 Å². The molecule has 31 heavy (non-hydrogen) atoms. The van der Waals surface area contributed by atoms with Gasteiger partial charge in [0.15, 0.2) is 0 Å². The van der Waals surface area contributed by atoms with Crippen LogP contribution >= 0.6 is 0 Å². The summed E-state index contributed by atoms with van der Waals surface area (Å²) in [6.07, 6.45) is 0.633. The van der Waals surface area contributed by atoms with E-state index in [0.29, 0.717) is 17.5 Å². The first-order chi connectivity index (χ1) is 14.4. The van der Waals surface area contributed by atoms with Gasteiger partial charge in [0.1, 0.15) is 5.60 Å². The highest BCUT2D eigenvalue weighted by Gasteiger charge is 2.25. The van der Waals surface area contributed by atoms with Gasteiger partial charge in [0.2, 0.25) is 0 Å². The predicted octanol–water partition coefficient (Wildman–Crippen LogP) is 4.59. The molecule has 2 rings (SSSR count). The van der Waals surface area contributed by atoms with E-state index in [0.717, 1.165) is 5.69 Å². The van der Waals surface area contributed by atoms with Gasteiger partial charge < -0.3 is 15.0 Å². The van der Waals surface area contributed by atoms with Gasteiger partial charge in [0, 0.05) is 35.8 Å². The second kappa shape index (κ2) is 9.77. The maximum atomic E-state index is 12.8. The highest BCUT2D eigenvalue weighted by Crippen LogP contribution is 2.18. The Morgan fingerprint density at radius 1 is 0.903 bits per heavy atom. The lowest BCUT2D eigenvalue weighted by Crippen LogP contribution is -2.44. The van der Waals surface area contributed by atoms with Crippen LogP contribution in [-0.2, 0) is 9.53 Å². The average molecular weight is 425 g/mol. The van der Waals surface area contributed by atoms with Gasteiger partial charge in [0.05, 0.1) is 0 Å². The Morgan fingerprint density at radius 3 is 2.13 bits per heavy atom. The molecule has 166 valence electrons. The molecule has 0 bridgehead atoms. The molecule has 0 heterocycles. The number of amides is 2. The molecular formula is C25H32N2O4. The molecule has 0 aliphatic heterocycles. The molecule has 6 nitrogen and oxygen atoms in total. The van der Waals surface area contributed by atoms with Crippen molar-refractivity contribution in [1.82, 2.24) is 5.32 Å². The molecule has 0 saturated heterocycles. The van der Waals surface area contributed by atoms with E-state index >= 15 is 0 Å². The topological polar surface area (TPSA) is 75.7 Å². The molecule has 0 saturated carbocycles. The van der Waals surface area contributed by atoms with Crippen molar-refractivity contribution in [3.63, 3.8) is 0 Å². The summed E-state index contributed by atoms with van der Waals surface area (Å²) >= 11 is 0. The Kier molecular flexibility index (Phi) is 7.60. The lowest BCUT2D eigenvalue weighted by Gasteiger charge is -2.27. The number of carbonyl (C=O) groups excluding carboxylic acids is 3. The second-order valence-corrected chi connectivity index (χ2v) is 9.20. The molecular weight excluding hydrogens is 392 g/mol. The zero-order valence-corrected chi connectivity index (χ0v) is 19.2. The average Bonchev–Trinajstić information content (AvgIpc) is 2.70. The summed E-state index contributed by atoms with van der Waals surface area (Å²) in [5.74, 6) is -0.803. The number of nitrogens with one attached hydrogen (secondary N) is 1. The number of nitrogens with zero attached hydrogens (tertiary/aromatic N) is 1. The molecule has 0 radical (unpaired) electrons. The first-order valence-corrected chi connectivity index (χ1v) is 10.4. The molecule has 0 spiro atoms. The second-order valence-electron chi connectivity index (χ2n) is 9.20. The maximum Gasteiger partial charge on any atom is 0.306 e. The lowest BCUT2D eigenvalue weighted by atomic mass is 9.97. The van der Waals surface area contributed by atoms with Crippen molar-refractivity contribution in [2.75, 3.05) is 11.9 Å². The molecule has 0 fully saturated rings. The van der Waals surface area contributed by atoms with Crippen LogP contribution < -0.4 is 10.2 Å². The van der Waals surface area contributed by atoms with Crippen LogP contribution in [0, 0.1) is 0 Å². The third-order valence-corrected chi connectivity index (χ3v) is 4.65. The number of ether oxygens (including phenoxy) is 1. The van der Waals surface area contributed by atoms with Gasteiger partial charge in [-0.2, -0.15) is 0 Å². The first-order valence-electron chi connectivity index (χ1n) is 10.4. The van der Waals surface area contributed by atoms with E-state index in [1.54, 1.807) is 36.2 Å². The molecule has 2 aromatic rings. The minimum atomic E-state index is -0.616. The van der Waals surface area contributed by atoms with Gasteiger partial charge in [-0.15, -0.1) is 0 Å². The number of hydrogen-bond acceptors (Lipinski definition) is 4. The van der Waals surface area contributed by atoms with Gasteiger partial charge in [-0.05, 0) is 71.4 Å². The zero-order chi connectivity index (χ0) is 23.2. The number of rotatable bonds is 7. The molecule has 2 aromatic carbocycles. The van der Waals surface area contributed by atoms with Crippen molar-refractivity contribution in [2.45, 2.75) is 58.6 Å². The zero-order valence-electron chi connectivity index (χ0n) is 19.2. The number of anilines is 1. The fourth-order valence-corrected chi connectivity index (χ4v) is 3.01. The molecule has 0 atom stereocenters. The lowest BCUT2D eigenvalue weighted by molar-refractivity contribution is -0.155. The van der Waals surface area contributed by atoms with Crippen molar-refractivity contribution in [3.05, 3.63) is 65.7 Å². The van der Waals surface area contributed by atoms with E-state index in [9.17, 15) is 14.4 Å². The molecule has 0 aliphatic rings. The van der Waals surface area contributed by atoms with E-state index in [1.165, 1.54) is 0 Å².